The van der Waals surface area contributed by atoms with E-state index in [1.54, 1.807) is 0 Å². The molecule has 0 saturated heterocycles. The first kappa shape index (κ1) is 36.1. The van der Waals surface area contributed by atoms with Crippen molar-refractivity contribution in [3.05, 3.63) is 237 Å². The minimum absolute atomic E-state index is 0.844. The minimum Gasteiger partial charge on any atom is -0.453 e. The predicted octanol–water partition coefficient (Wildman–Crippen LogP) is 16.5. The summed E-state index contributed by atoms with van der Waals surface area (Å²) in [7, 11) is 0. The summed E-state index contributed by atoms with van der Waals surface area (Å²) >= 11 is 0. The van der Waals surface area contributed by atoms with Crippen LogP contribution in [-0.4, -0.2) is 9.13 Å². The summed E-state index contributed by atoms with van der Waals surface area (Å²) in [6, 6.07) is 85.2. The summed E-state index contributed by atoms with van der Waals surface area (Å²) in [5.41, 5.74) is 16.9. The molecule has 0 saturated carbocycles. The highest BCUT2D eigenvalue weighted by molar-refractivity contribution is 6.19. The lowest BCUT2D eigenvalue weighted by atomic mass is 9.99. The summed E-state index contributed by atoms with van der Waals surface area (Å²) in [6.45, 7) is 0. The van der Waals surface area contributed by atoms with Crippen LogP contribution in [0.1, 0.15) is 0 Å². The molecule has 1 aliphatic heterocycles. The number of hydrogen-bond donors (Lipinski definition) is 0. The number of fused-ring (bicyclic) bond motifs is 8. The lowest BCUT2D eigenvalue weighted by Gasteiger charge is -2.30. The van der Waals surface area contributed by atoms with Gasteiger partial charge in [-0.1, -0.05) is 164 Å². The fourth-order valence-corrected chi connectivity index (χ4v) is 10.1. The second-order valence-corrected chi connectivity index (χ2v) is 16.5. The van der Waals surface area contributed by atoms with Crippen molar-refractivity contribution in [3.8, 4) is 56.3 Å². The topological polar surface area (TPSA) is 22.3 Å². The van der Waals surface area contributed by atoms with E-state index < -0.39 is 0 Å². The smallest absolute Gasteiger partial charge is 0.152 e. The number of aromatic nitrogens is 2. The van der Waals surface area contributed by atoms with Crippen LogP contribution in [-0.2, 0) is 0 Å². The van der Waals surface area contributed by atoms with Crippen LogP contribution in [0.25, 0.3) is 88.4 Å². The maximum Gasteiger partial charge on any atom is 0.152 e. The molecule has 300 valence electrons. The van der Waals surface area contributed by atoms with Gasteiger partial charge in [-0.2, -0.15) is 0 Å². The summed E-state index contributed by atoms with van der Waals surface area (Å²) in [4.78, 5) is 2.45. The van der Waals surface area contributed by atoms with Crippen molar-refractivity contribution >= 4 is 60.7 Å². The quantitative estimate of drug-likeness (QED) is 0.160. The molecule has 12 aromatic rings. The highest BCUT2D eigenvalue weighted by Gasteiger charge is 2.29. The van der Waals surface area contributed by atoms with Crippen LogP contribution in [0.2, 0.25) is 0 Å². The van der Waals surface area contributed by atoms with Gasteiger partial charge in [-0.15, -0.1) is 0 Å². The number of rotatable bonds is 7. The zero-order valence-electron chi connectivity index (χ0n) is 34.8. The van der Waals surface area contributed by atoms with E-state index in [4.69, 9.17) is 4.74 Å². The maximum atomic E-state index is 6.68. The molecular formula is C60H39N3O. The van der Waals surface area contributed by atoms with Crippen molar-refractivity contribution in [2.75, 3.05) is 4.90 Å². The van der Waals surface area contributed by atoms with Crippen LogP contribution in [0.4, 0.5) is 17.1 Å². The Hall–Kier alpha value is -8.60. The first-order chi connectivity index (χ1) is 31.8. The molecule has 10 aromatic carbocycles. The number of benzene rings is 10. The highest BCUT2D eigenvalue weighted by Crippen LogP contribution is 2.52. The second-order valence-electron chi connectivity index (χ2n) is 16.5. The van der Waals surface area contributed by atoms with E-state index in [1.807, 2.05) is 6.07 Å². The van der Waals surface area contributed by atoms with Crippen LogP contribution in [0, 0.1) is 0 Å². The van der Waals surface area contributed by atoms with E-state index >= 15 is 0 Å². The van der Waals surface area contributed by atoms with Gasteiger partial charge in [-0.3, -0.25) is 0 Å². The molecule has 0 N–H and O–H groups in total. The van der Waals surface area contributed by atoms with E-state index in [2.05, 4.69) is 245 Å². The standard InChI is InChI=1S/C60H39N3O/c1-3-17-40(18-4-1)42-21-15-24-46(37-42)62-52-29-11-8-26-48(52)49-34-33-44(39-56(49)62)43-22-16-23-45(38-43)61(51-28-10-7-25-47(51)41-19-5-2-6-20-41)55-35-36-58-60-59(55)50-27-9-12-30-53(50)63(60)54-31-13-14-32-57(54)64-58/h1-39H. The van der Waals surface area contributed by atoms with Crippen LogP contribution in [0.5, 0.6) is 11.5 Å². The molecule has 0 unspecified atom stereocenters. The van der Waals surface area contributed by atoms with Crippen LogP contribution >= 0.6 is 0 Å². The highest BCUT2D eigenvalue weighted by atomic mass is 16.5. The van der Waals surface area contributed by atoms with Gasteiger partial charge >= 0.3 is 0 Å². The van der Waals surface area contributed by atoms with Gasteiger partial charge in [0.2, 0.25) is 0 Å². The third kappa shape index (κ3) is 5.63. The Balaban J connectivity index is 1.04. The molecule has 0 atom stereocenters. The Bertz CT molecular complexity index is 3770. The molecule has 0 amide bonds. The molecule has 0 aliphatic carbocycles. The van der Waals surface area contributed by atoms with Gasteiger partial charge in [0.1, 0.15) is 0 Å². The molecule has 1 aliphatic rings. The van der Waals surface area contributed by atoms with E-state index in [9.17, 15) is 0 Å². The van der Waals surface area contributed by atoms with Crippen molar-refractivity contribution < 1.29 is 4.74 Å². The zero-order chi connectivity index (χ0) is 42.1. The largest absolute Gasteiger partial charge is 0.453 e. The normalized spacial score (nSPS) is 11.9. The average Bonchev–Trinajstić information content (AvgIpc) is 3.90. The molecule has 2 aromatic heterocycles. The summed E-state index contributed by atoms with van der Waals surface area (Å²) in [5.74, 6) is 1.70. The van der Waals surface area contributed by atoms with Crippen molar-refractivity contribution in [1.29, 1.82) is 0 Å². The Labute approximate surface area is 370 Å². The van der Waals surface area contributed by atoms with Gasteiger partial charge in [0.15, 0.2) is 11.5 Å². The number of hydrogen-bond acceptors (Lipinski definition) is 2. The Morgan fingerprint density at radius 2 is 0.969 bits per heavy atom. The third-order valence-corrected chi connectivity index (χ3v) is 12.9. The number of para-hydroxylation sites is 5. The van der Waals surface area contributed by atoms with E-state index in [-0.39, 0.29) is 0 Å². The number of anilines is 3. The molecule has 4 nitrogen and oxygen atoms in total. The minimum atomic E-state index is 0.844. The first-order valence-electron chi connectivity index (χ1n) is 21.8. The van der Waals surface area contributed by atoms with E-state index in [1.165, 1.54) is 38.3 Å². The Morgan fingerprint density at radius 3 is 1.81 bits per heavy atom. The molecule has 13 rings (SSSR count). The SMILES string of the molecule is c1ccc(-c2cccc(-n3c4ccccc4c4ccc(-c5cccc(N(c6ccccc6-c6ccccc6)c6ccc7c8c6c6ccccc6n8-c6ccccc6O7)c5)cc43)c2)cc1. The molecular weight excluding hydrogens is 779 g/mol. The van der Waals surface area contributed by atoms with Gasteiger partial charge in [0.25, 0.3) is 0 Å². The third-order valence-electron chi connectivity index (χ3n) is 12.9. The average molecular weight is 818 g/mol. The van der Waals surface area contributed by atoms with Gasteiger partial charge in [0.05, 0.1) is 39.1 Å². The predicted molar refractivity (Wildman–Crippen MR) is 266 cm³/mol. The lowest BCUT2D eigenvalue weighted by molar-refractivity contribution is 0.476. The number of ether oxygens (including phenoxy) is 1. The molecule has 0 fully saturated rings. The van der Waals surface area contributed by atoms with Gasteiger partial charge in [-0.05, 0) is 101 Å². The van der Waals surface area contributed by atoms with Crippen LogP contribution < -0.4 is 9.64 Å². The molecule has 3 heterocycles. The molecule has 64 heavy (non-hydrogen) atoms. The fourth-order valence-electron chi connectivity index (χ4n) is 10.1. The molecule has 4 heteroatoms. The lowest BCUT2D eigenvalue weighted by Crippen LogP contribution is -2.12. The van der Waals surface area contributed by atoms with E-state index in [0.717, 1.165) is 78.6 Å². The maximum absolute atomic E-state index is 6.68. The van der Waals surface area contributed by atoms with Gasteiger partial charge in [-0.25, -0.2) is 0 Å². The Kier molecular flexibility index (Phi) is 8.18. The van der Waals surface area contributed by atoms with Crippen molar-refractivity contribution in [2.24, 2.45) is 0 Å². The Morgan fingerprint density at radius 1 is 0.344 bits per heavy atom. The van der Waals surface area contributed by atoms with Gasteiger partial charge < -0.3 is 18.8 Å². The number of nitrogens with zero attached hydrogens (tertiary/aromatic N) is 3. The van der Waals surface area contributed by atoms with Crippen molar-refractivity contribution in [2.45, 2.75) is 0 Å². The van der Waals surface area contributed by atoms with Gasteiger partial charge in [0, 0.05) is 38.5 Å². The molecule has 0 spiro atoms. The summed E-state index contributed by atoms with van der Waals surface area (Å²) in [5, 5.41) is 4.77. The van der Waals surface area contributed by atoms with Crippen molar-refractivity contribution in [1.82, 2.24) is 9.13 Å². The first-order valence-corrected chi connectivity index (χ1v) is 21.8. The fraction of sp³-hybridized carbons (Fsp3) is 0. The van der Waals surface area contributed by atoms with Crippen LogP contribution in [0.15, 0.2) is 237 Å². The molecule has 0 radical (unpaired) electrons. The summed E-state index contributed by atoms with van der Waals surface area (Å²) in [6.07, 6.45) is 0. The van der Waals surface area contributed by atoms with Crippen molar-refractivity contribution in [3.63, 3.8) is 0 Å². The van der Waals surface area contributed by atoms with E-state index in [0.29, 0.717) is 0 Å². The zero-order valence-corrected chi connectivity index (χ0v) is 34.8. The summed E-state index contributed by atoms with van der Waals surface area (Å²) < 4.78 is 11.5. The monoisotopic (exact) mass is 817 g/mol. The molecule has 0 bridgehead atoms. The second kappa shape index (κ2) is 14.5. The van der Waals surface area contributed by atoms with Crippen LogP contribution in [0.3, 0.4) is 0 Å².